The van der Waals surface area contributed by atoms with Crippen molar-refractivity contribution in [3.8, 4) is 0 Å². The largest absolute Gasteiger partial charge is 0.480 e. The average Bonchev–Trinajstić information content (AvgIpc) is 2.64. The Balaban J connectivity index is 1.95. The molecule has 0 spiro atoms. The van der Waals surface area contributed by atoms with Gasteiger partial charge >= 0.3 is 5.97 Å². The van der Waals surface area contributed by atoms with Crippen LogP contribution in [0.4, 0.5) is 0 Å². The summed E-state index contributed by atoms with van der Waals surface area (Å²) in [6, 6.07) is 6.24. The number of nitrogens with two attached hydrogens (primary N) is 1. The van der Waals surface area contributed by atoms with Crippen LogP contribution in [0.25, 0.3) is 0 Å². The number of nitrogens with zero attached hydrogens (tertiary/aromatic N) is 1. The van der Waals surface area contributed by atoms with Crippen molar-refractivity contribution >= 4 is 5.97 Å². The van der Waals surface area contributed by atoms with Crippen LogP contribution in [0.5, 0.6) is 0 Å². The Morgan fingerprint density at radius 1 is 1.26 bits per heavy atom. The van der Waals surface area contributed by atoms with Gasteiger partial charge in [0.05, 0.1) is 0 Å². The van der Waals surface area contributed by atoms with E-state index in [0.29, 0.717) is 30.5 Å². The van der Waals surface area contributed by atoms with Crippen molar-refractivity contribution in [2.45, 2.75) is 31.3 Å². The molecule has 1 aliphatic rings. The van der Waals surface area contributed by atoms with Gasteiger partial charge in [0.1, 0.15) is 18.5 Å². The van der Waals surface area contributed by atoms with Gasteiger partial charge in [-0.25, -0.2) is 4.90 Å². The van der Waals surface area contributed by atoms with Crippen molar-refractivity contribution in [1.29, 1.82) is 0 Å². The van der Waals surface area contributed by atoms with E-state index >= 15 is 0 Å². The molecule has 0 saturated heterocycles. The predicted molar refractivity (Wildman–Crippen MR) is 67.9 cm³/mol. The maximum atomic E-state index is 10.6. The molecule has 0 unspecified atom stereocenters. The fourth-order valence-corrected chi connectivity index (χ4v) is 2.33. The second-order valence-corrected chi connectivity index (χ2v) is 4.70. The molecule has 1 heterocycles. The van der Waals surface area contributed by atoms with Crippen LogP contribution in [-0.2, 0) is 4.79 Å². The summed E-state index contributed by atoms with van der Waals surface area (Å²) in [5.74, 6) is -1.04. The first kappa shape index (κ1) is 14.0. The first-order valence-corrected chi connectivity index (χ1v) is 6.21. The highest BCUT2D eigenvalue weighted by atomic mass is 16.4. The minimum Gasteiger partial charge on any atom is -0.480 e. The second kappa shape index (κ2) is 5.66. The Morgan fingerprint density at radius 3 is 2.26 bits per heavy atom. The number of carboxylic acids is 1. The Morgan fingerprint density at radius 2 is 1.79 bits per heavy atom. The third-order valence-corrected chi connectivity index (χ3v) is 3.43. The van der Waals surface area contributed by atoms with Crippen molar-refractivity contribution in [1.82, 2.24) is 4.90 Å². The normalized spacial score (nSPS) is 24.2. The molecular weight excluding hydrogens is 248 g/mol. The van der Waals surface area contributed by atoms with Gasteiger partial charge in [0.25, 0.3) is 0 Å². The summed E-state index contributed by atoms with van der Waals surface area (Å²) >= 11 is 0. The Labute approximate surface area is 111 Å². The third-order valence-electron chi connectivity index (χ3n) is 3.43. The van der Waals surface area contributed by atoms with Crippen LogP contribution in [0.1, 0.15) is 36.4 Å². The fraction of sp³-hybridized carbons (Fsp3) is 0.462. The molecule has 0 bridgehead atoms. The predicted octanol–water partition coefficient (Wildman–Crippen LogP) is 0.176. The molecule has 1 aliphatic heterocycles. The topological polar surface area (TPSA) is 107 Å². The number of benzene rings is 1. The van der Waals surface area contributed by atoms with Crippen LogP contribution in [0, 0.1) is 0 Å². The van der Waals surface area contributed by atoms with E-state index in [-0.39, 0.29) is 0 Å². The Kier molecular flexibility index (Phi) is 4.16. The number of hydrogen-bond donors (Lipinski definition) is 4. The number of hydrogen-bond acceptors (Lipinski definition) is 5. The lowest BCUT2D eigenvalue weighted by molar-refractivity contribution is -0.138. The summed E-state index contributed by atoms with van der Waals surface area (Å²) in [7, 11) is 0. The zero-order valence-corrected chi connectivity index (χ0v) is 10.4. The summed E-state index contributed by atoms with van der Waals surface area (Å²) < 4.78 is 0. The van der Waals surface area contributed by atoms with Gasteiger partial charge < -0.3 is 21.1 Å². The van der Waals surface area contributed by atoms with Gasteiger partial charge in [0, 0.05) is 17.7 Å². The van der Waals surface area contributed by atoms with Gasteiger partial charge in [-0.3, -0.25) is 4.79 Å². The zero-order valence-electron chi connectivity index (χ0n) is 10.4. The van der Waals surface area contributed by atoms with E-state index in [1.807, 2.05) is 0 Å². The molecule has 104 valence electrons. The first-order chi connectivity index (χ1) is 9.02. The van der Waals surface area contributed by atoms with E-state index in [1.165, 1.54) is 4.90 Å². The molecule has 5 N–H and O–H groups in total. The Hall–Kier alpha value is -1.47. The van der Waals surface area contributed by atoms with E-state index in [4.69, 9.17) is 10.8 Å². The molecule has 0 aromatic heterocycles. The molecule has 0 radical (unpaired) electrons. The van der Waals surface area contributed by atoms with Crippen molar-refractivity contribution in [2.75, 3.05) is 6.54 Å². The van der Waals surface area contributed by atoms with Crippen LogP contribution in [-0.4, -0.2) is 38.8 Å². The lowest BCUT2D eigenvalue weighted by atomic mass is 10.1. The van der Waals surface area contributed by atoms with Gasteiger partial charge in [-0.15, -0.1) is 0 Å². The number of rotatable bonds is 5. The number of carbonyl (C=O) groups is 1. The van der Waals surface area contributed by atoms with Gasteiger partial charge in [-0.05, 0) is 12.8 Å². The molecule has 1 aromatic rings. The van der Waals surface area contributed by atoms with Crippen LogP contribution < -0.4 is 5.73 Å². The molecule has 19 heavy (non-hydrogen) atoms. The molecule has 6 nitrogen and oxygen atoms in total. The van der Waals surface area contributed by atoms with Crippen molar-refractivity contribution in [3.63, 3.8) is 0 Å². The zero-order chi connectivity index (χ0) is 14.0. The molecule has 3 atom stereocenters. The smallest absolute Gasteiger partial charge is 0.320 e. The van der Waals surface area contributed by atoms with E-state index in [9.17, 15) is 15.0 Å². The maximum Gasteiger partial charge on any atom is 0.320 e. The second-order valence-electron chi connectivity index (χ2n) is 4.70. The van der Waals surface area contributed by atoms with Gasteiger partial charge in [-0.1, -0.05) is 24.3 Å². The molecule has 0 amide bonds. The summed E-state index contributed by atoms with van der Waals surface area (Å²) in [5.41, 5.74) is 6.80. The molecular formula is C13H18N2O4. The van der Waals surface area contributed by atoms with Crippen LogP contribution in [0.2, 0.25) is 0 Å². The molecule has 1 aromatic carbocycles. The molecule has 0 fully saturated rings. The van der Waals surface area contributed by atoms with Crippen molar-refractivity contribution in [2.24, 2.45) is 5.73 Å². The SMILES string of the molecule is N[C@H](CCCN1[C@H](O)c2ccccc2[C@H]1O)C(=O)O. The minimum absolute atomic E-state index is 0.307. The minimum atomic E-state index is -1.04. The third kappa shape index (κ3) is 2.76. The molecule has 0 saturated carbocycles. The van der Waals surface area contributed by atoms with Crippen molar-refractivity contribution < 1.29 is 20.1 Å². The molecule has 2 rings (SSSR count). The highest BCUT2D eigenvalue weighted by Gasteiger charge is 2.35. The van der Waals surface area contributed by atoms with Crippen LogP contribution in [0.15, 0.2) is 24.3 Å². The molecule has 0 aliphatic carbocycles. The monoisotopic (exact) mass is 266 g/mol. The number of fused-ring (bicyclic) bond motifs is 1. The molecule has 6 heteroatoms. The number of carboxylic acid groups (broad SMARTS) is 1. The van der Waals surface area contributed by atoms with E-state index in [2.05, 4.69) is 0 Å². The highest BCUT2D eigenvalue weighted by molar-refractivity contribution is 5.72. The average molecular weight is 266 g/mol. The first-order valence-electron chi connectivity index (χ1n) is 6.21. The van der Waals surface area contributed by atoms with E-state index < -0.39 is 24.5 Å². The number of aliphatic hydroxyl groups is 2. The summed E-state index contributed by atoms with van der Waals surface area (Å²) in [6.45, 7) is 0.387. The van der Waals surface area contributed by atoms with E-state index in [0.717, 1.165) is 0 Å². The standard InChI is InChI=1S/C13H18N2O4/c14-10(13(18)19)6-3-7-15-11(16)8-4-1-2-5-9(8)12(15)17/h1-2,4-5,10-12,16-17H,3,6-7,14H2,(H,18,19)/t10-,11-,12-/m1/s1. The summed E-state index contributed by atoms with van der Waals surface area (Å²) in [5, 5.41) is 28.9. The van der Waals surface area contributed by atoms with Gasteiger partial charge in [0.2, 0.25) is 0 Å². The van der Waals surface area contributed by atoms with Crippen molar-refractivity contribution in [3.05, 3.63) is 35.4 Å². The number of aliphatic carboxylic acids is 1. The summed E-state index contributed by atoms with van der Waals surface area (Å²) in [6.07, 6.45) is -0.906. The summed E-state index contributed by atoms with van der Waals surface area (Å²) in [4.78, 5) is 12.1. The lowest BCUT2D eigenvalue weighted by Gasteiger charge is -2.24. The quantitative estimate of drug-likeness (QED) is 0.605. The van der Waals surface area contributed by atoms with Crippen LogP contribution in [0.3, 0.4) is 0 Å². The van der Waals surface area contributed by atoms with Gasteiger partial charge in [0.15, 0.2) is 0 Å². The van der Waals surface area contributed by atoms with Crippen LogP contribution >= 0.6 is 0 Å². The lowest BCUT2D eigenvalue weighted by Crippen LogP contribution is -2.32. The fourth-order valence-electron chi connectivity index (χ4n) is 2.33. The van der Waals surface area contributed by atoms with Gasteiger partial charge in [-0.2, -0.15) is 0 Å². The Bertz CT molecular complexity index is 437. The van der Waals surface area contributed by atoms with E-state index in [1.54, 1.807) is 24.3 Å². The highest BCUT2D eigenvalue weighted by Crippen LogP contribution is 2.38. The maximum absolute atomic E-state index is 10.6. The number of aliphatic hydroxyl groups excluding tert-OH is 2.